The molecule has 0 aliphatic carbocycles. The van der Waals surface area contributed by atoms with Crippen LogP contribution in [0.2, 0.25) is 0 Å². The molecule has 17 heavy (non-hydrogen) atoms. The summed E-state index contributed by atoms with van der Waals surface area (Å²) < 4.78 is 5.58. The molecule has 1 aromatic carbocycles. The van der Waals surface area contributed by atoms with Crippen molar-refractivity contribution in [3.05, 3.63) is 35.9 Å². The fourth-order valence-electron chi connectivity index (χ4n) is 1.28. The van der Waals surface area contributed by atoms with Gasteiger partial charge in [0.05, 0.1) is 6.10 Å². The van der Waals surface area contributed by atoms with Gasteiger partial charge in [-0.1, -0.05) is 12.1 Å². The number of carbonyl (C=O) groups is 1. The molecule has 0 unspecified atom stereocenters. The van der Waals surface area contributed by atoms with Crippen LogP contribution in [0.3, 0.4) is 0 Å². The van der Waals surface area contributed by atoms with Crippen LogP contribution in [0, 0.1) is 0 Å². The van der Waals surface area contributed by atoms with Crippen LogP contribution in [0.15, 0.2) is 30.3 Å². The van der Waals surface area contributed by atoms with E-state index in [1.165, 1.54) is 4.90 Å². The highest BCUT2D eigenvalue weighted by molar-refractivity contribution is 5.91. The largest absolute Gasteiger partial charge is 0.491 e. The minimum atomic E-state index is -0.0276. The molecule has 0 saturated carbocycles. The SMILES string of the molecule is CC(C)Oc1cccc(/C=C/C(=O)N(C)C)c1. The van der Waals surface area contributed by atoms with Crippen LogP contribution in [-0.2, 0) is 4.79 Å². The summed E-state index contributed by atoms with van der Waals surface area (Å²) in [5, 5.41) is 0. The van der Waals surface area contributed by atoms with Gasteiger partial charge in [0.15, 0.2) is 0 Å². The second-order valence-corrected chi connectivity index (χ2v) is 4.31. The standard InChI is InChI=1S/C14H19NO2/c1-11(2)17-13-7-5-6-12(10-13)8-9-14(16)15(3)4/h5-11H,1-4H3/b9-8+. The van der Waals surface area contributed by atoms with Gasteiger partial charge in [-0.3, -0.25) is 4.79 Å². The smallest absolute Gasteiger partial charge is 0.246 e. The Labute approximate surface area is 103 Å². The second-order valence-electron chi connectivity index (χ2n) is 4.31. The normalized spacial score (nSPS) is 10.9. The number of amides is 1. The molecule has 92 valence electrons. The van der Waals surface area contributed by atoms with Crippen molar-refractivity contribution < 1.29 is 9.53 Å². The van der Waals surface area contributed by atoms with E-state index in [1.807, 2.05) is 38.1 Å². The Morgan fingerprint density at radius 3 is 2.65 bits per heavy atom. The second kappa shape index (κ2) is 6.09. The monoisotopic (exact) mass is 233 g/mol. The van der Waals surface area contributed by atoms with Gasteiger partial charge in [-0.2, -0.15) is 0 Å². The molecule has 0 fully saturated rings. The number of benzene rings is 1. The van der Waals surface area contributed by atoms with Crippen LogP contribution in [0.4, 0.5) is 0 Å². The van der Waals surface area contributed by atoms with Gasteiger partial charge in [0.25, 0.3) is 0 Å². The Balaban J connectivity index is 2.75. The maximum absolute atomic E-state index is 11.4. The van der Waals surface area contributed by atoms with Crippen molar-refractivity contribution in [1.82, 2.24) is 4.90 Å². The van der Waals surface area contributed by atoms with E-state index in [2.05, 4.69) is 0 Å². The summed E-state index contributed by atoms with van der Waals surface area (Å²) >= 11 is 0. The zero-order valence-electron chi connectivity index (χ0n) is 10.8. The van der Waals surface area contributed by atoms with Gasteiger partial charge in [-0.05, 0) is 37.6 Å². The fourth-order valence-corrected chi connectivity index (χ4v) is 1.28. The van der Waals surface area contributed by atoms with Gasteiger partial charge in [0.2, 0.25) is 5.91 Å². The lowest BCUT2D eigenvalue weighted by molar-refractivity contribution is -0.123. The Morgan fingerprint density at radius 2 is 2.06 bits per heavy atom. The molecule has 3 heteroatoms. The number of nitrogens with zero attached hydrogens (tertiary/aromatic N) is 1. The van der Waals surface area contributed by atoms with Crippen molar-refractivity contribution >= 4 is 12.0 Å². The highest BCUT2D eigenvalue weighted by Crippen LogP contribution is 2.15. The molecular formula is C14H19NO2. The third-order valence-electron chi connectivity index (χ3n) is 2.09. The summed E-state index contributed by atoms with van der Waals surface area (Å²) in [5.74, 6) is 0.791. The van der Waals surface area contributed by atoms with Crippen LogP contribution in [0.25, 0.3) is 6.08 Å². The van der Waals surface area contributed by atoms with E-state index in [-0.39, 0.29) is 12.0 Å². The van der Waals surface area contributed by atoms with Crippen molar-refractivity contribution in [3.63, 3.8) is 0 Å². The molecule has 0 saturated heterocycles. The lowest BCUT2D eigenvalue weighted by atomic mass is 10.2. The van der Waals surface area contributed by atoms with Gasteiger partial charge in [-0.15, -0.1) is 0 Å². The molecule has 0 bridgehead atoms. The zero-order valence-corrected chi connectivity index (χ0v) is 10.8. The summed E-state index contributed by atoms with van der Waals surface area (Å²) in [6.07, 6.45) is 3.49. The molecule has 1 rings (SSSR count). The van der Waals surface area contributed by atoms with E-state index in [0.29, 0.717) is 0 Å². The Morgan fingerprint density at radius 1 is 1.35 bits per heavy atom. The first-order chi connectivity index (χ1) is 7.99. The number of carbonyl (C=O) groups excluding carboxylic acids is 1. The van der Waals surface area contributed by atoms with Crippen molar-refractivity contribution in [2.75, 3.05) is 14.1 Å². The number of hydrogen-bond donors (Lipinski definition) is 0. The molecule has 0 aliphatic rings. The molecule has 0 heterocycles. The highest BCUT2D eigenvalue weighted by Gasteiger charge is 1.99. The summed E-state index contributed by atoms with van der Waals surface area (Å²) in [6, 6.07) is 7.68. The average molecular weight is 233 g/mol. The first-order valence-electron chi connectivity index (χ1n) is 5.65. The quantitative estimate of drug-likeness (QED) is 0.748. The molecule has 0 radical (unpaired) electrons. The van der Waals surface area contributed by atoms with E-state index in [9.17, 15) is 4.79 Å². The van der Waals surface area contributed by atoms with E-state index in [1.54, 1.807) is 26.2 Å². The molecule has 0 spiro atoms. The van der Waals surface area contributed by atoms with Crippen LogP contribution in [0.5, 0.6) is 5.75 Å². The van der Waals surface area contributed by atoms with Crippen LogP contribution in [-0.4, -0.2) is 31.0 Å². The van der Waals surface area contributed by atoms with E-state index in [0.717, 1.165) is 11.3 Å². The fraction of sp³-hybridized carbons (Fsp3) is 0.357. The van der Waals surface area contributed by atoms with Gasteiger partial charge in [0.1, 0.15) is 5.75 Å². The topological polar surface area (TPSA) is 29.5 Å². The molecule has 0 N–H and O–H groups in total. The summed E-state index contributed by atoms with van der Waals surface area (Å²) in [4.78, 5) is 12.9. The number of hydrogen-bond acceptors (Lipinski definition) is 2. The first kappa shape index (κ1) is 13.3. The molecule has 3 nitrogen and oxygen atoms in total. The number of ether oxygens (including phenoxy) is 1. The van der Waals surface area contributed by atoms with E-state index < -0.39 is 0 Å². The molecular weight excluding hydrogens is 214 g/mol. The minimum absolute atomic E-state index is 0.0276. The third-order valence-corrected chi connectivity index (χ3v) is 2.09. The van der Waals surface area contributed by atoms with Crippen LogP contribution >= 0.6 is 0 Å². The Bertz CT molecular complexity index is 408. The third kappa shape index (κ3) is 4.72. The van der Waals surface area contributed by atoms with Crippen molar-refractivity contribution in [2.24, 2.45) is 0 Å². The summed E-state index contributed by atoms with van der Waals surface area (Å²) in [5.41, 5.74) is 0.957. The van der Waals surface area contributed by atoms with Crippen LogP contribution < -0.4 is 4.74 Å². The van der Waals surface area contributed by atoms with Crippen molar-refractivity contribution in [1.29, 1.82) is 0 Å². The van der Waals surface area contributed by atoms with Gasteiger partial charge < -0.3 is 9.64 Å². The lowest BCUT2D eigenvalue weighted by Gasteiger charge is -2.10. The molecule has 1 aromatic rings. The van der Waals surface area contributed by atoms with Crippen molar-refractivity contribution in [2.45, 2.75) is 20.0 Å². The predicted molar refractivity (Wildman–Crippen MR) is 69.9 cm³/mol. The van der Waals surface area contributed by atoms with Gasteiger partial charge in [-0.25, -0.2) is 0 Å². The predicted octanol–water partition coefficient (Wildman–Crippen LogP) is 2.58. The maximum atomic E-state index is 11.4. The minimum Gasteiger partial charge on any atom is -0.491 e. The average Bonchev–Trinajstić information content (AvgIpc) is 2.25. The molecule has 0 aromatic heterocycles. The lowest BCUT2D eigenvalue weighted by Crippen LogP contribution is -2.18. The zero-order chi connectivity index (χ0) is 12.8. The Kier molecular flexibility index (Phi) is 4.76. The summed E-state index contributed by atoms with van der Waals surface area (Å²) in [6.45, 7) is 3.97. The number of likely N-dealkylation sites (N-methyl/N-ethyl adjacent to an activating group) is 1. The number of rotatable bonds is 4. The van der Waals surface area contributed by atoms with Gasteiger partial charge in [0, 0.05) is 20.2 Å². The highest BCUT2D eigenvalue weighted by atomic mass is 16.5. The van der Waals surface area contributed by atoms with E-state index in [4.69, 9.17) is 4.74 Å². The van der Waals surface area contributed by atoms with Crippen LogP contribution in [0.1, 0.15) is 19.4 Å². The first-order valence-corrected chi connectivity index (χ1v) is 5.65. The molecule has 0 atom stereocenters. The molecule has 1 amide bonds. The van der Waals surface area contributed by atoms with E-state index >= 15 is 0 Å². The molecule has 0 aliphatic heterocycles. The summed E-state index contributed by atoms with van der Waals surface area (Å²) in [7, 11) is 3.45. The van der Waals surface area contributed by atoms with Crippen molar-refractivity contribution in [3.8, 4) is 5.75 Å². The maximum Gasteiger partial charge on any atom is 0.246 e. The Hall–Kier alpha value is -1.77. The van der Waals surface area contributed by atoms with Gasteiger partial charge >= 0.3 is 0 Å².